The number of nitrogens with zero attached hydrogens (tertiary/aromatic N) is 6. The number of piperazine rings is 1. The average Bonchev–Trinajstić information content (AvgIpc) is 3.07. The van der Waals surface area contributed by atoms with Crippen LogP contribution >= 0.6 is 0 Å². The van der Waals surface area contributed by atoms with E-state index in [4.69, 9.17) is 0 Å². The molecule has 0 aliphatic carbocycles. The van der Waals surface area contributed by atoms with E-state index < -0.39 is 12.7 Å². The average molecular weight is 376 g/mol. The topological polar surface area (TPSA) is 50.1 Å². The number of para-hydroxylation sites is 1. The zero-order chi connectivity index (χ0) is 19.0. The molecule has 0 bridgehead atoms. The third kappa shape index (κ3) is 3.59. The summed E-state index contributed by atoms with van der Waals surface area (Å²) in [5, 5.41) is 5.22. The van der Waals surface area contributed by atoms with Gasteiger partial charge in [-0.05, 0) is 19.1 Å². The number of aromatic nitrogens is 4. The first-order valence-electron chi connectivity index (χ1n) is 8.72. The van der Waals surface area contributed by atoms with Crippen LogP contribution in [-0.4, -0.2) is 63.0 Å². The van der Waals surface area contributed by atoms with Gasteiger partial charge in [-0.2, -0.15) is 18.3 Å². The number of anilines is 1. The molecule has 1 atom stereocenters. The lowest BCUT2D eigenvalue weighted by Gasteiger charge is -2.40. The molecule has 0 saturated carbocycles. The number of fused-ring (bicyclic) bond motifs is 1. The number of benzene rings is 1. The maximum atomic E-state index is 12.7. The highest BCUT2D eigenvalue weighted by molar-refractivity contribution is 5.87. The lowest BCUT2D eigenvalue weighted by atomic mass is 10.2. The summed E-state index contributed by atoms with van der Waals surface area (Å²) in [5.41, 5.74) is 1.57. The summed E-state index contributed by atoms with van der Waals surface area (Å²) in [4.78, 5) is 12.2. The van der Waals surface area contributed by atoms with Crippen molar-refractivity contribution in [3.05, 3.63) is 42.9 Å². The van der Waals surface area contributed by atoms with Crippen LogP contribution in [-0.2, 0) is 0 Å². The molecule has 1 fully saturated rings. The first kappa shape index (κ1) is 17.7. The van der Waals surface area contributed by atoms with E-state index >= 15 is 0 Å². The Hall–Kier alpha value is -2.68. The standard InChI is InChI=1S/C18H19F3N6/c1-13-10-25(7-8-26(13)11-18(19,20)21)16-15-9-24-27(17(15)23-12-22-16)14-5-3-2-4-6-14/h2-6,9,12-13H,7-8,10-11H2,1H3. The molecule has 3 aromatic rings. The van der Waals surface area contributed by atoms with Crippen LogP contribution in [0.25, 0.3) is 16.7 Å². The zero-order valence-electron chi connectivity index (χ0n) is 14.8. The van der Waals surface area contributed by atoms with Gasteiger partial charge in [0, 0.05) is 25.7 Å². The van der Waals surface area contributed by atoms with Crippen molar-refractivity contribution >= 4 is 16.9 Å². The van der Waals surface area contributed by atoms with Crippen LogP contribution in [0, 0.1) is 0 Å². The van der Waals surface area contributed by atoms with Crippen LogP contribution in [0.2, 0.25) is 0 Å². The van der Waals surface area contributed by atoms with Crippen LogP contribution in [0.15, 0.2) is 42.9 Å². The Balaban J connectivity index is 1.61. The van der Waals surface area contributed by atoms with Crippen molar-refractivity contribution in [2.45, 2.75) is 19.1 Å². The van der Waals surface area contributed by atoms with E-state index in [1.807, 2.05) is 42.2 Å². The first-order valence-corrected chi connectivity index (χ1v) is 8.72. The highest BCUT2D eigenvalue weighted by atomic mass is 19.4. The van der Waals surface area contributed by atoms with Crippen LogP contribution in [0.3, 0.4) is 0 Å². The van der Waals surface area contributed by atoms with Gasteiger partial charge in [0.25, 0.3) is 0 Å². The Morgan fingerprint density at radius 3 is 2.59 bits per heavy atom. The summed E-state index contributed by atoms with van der Waals surface area (Å²) in [6.07, 6.45) is -0.995. The van der Waals surface area contributed by atoms with Gasteiger partial charge >= 0.3 is 6.18 Å². The summed E-state index contributed by atoms with van der Waals surface area (Å²) in [6.45, 7) is 2.21. The highest BCUT2D eigenvalue weighted by Crippen LogP contribution is 2.27. The molecule has 1 aliphatic rings. The van der Waals surface area contributed by atoms with Gasteiger partial charge in [0.15, 0.2) is 5.65 Å². The van der Waals surface area contributed by atoms with Gasteiger partial charge in [-0.3, -0.25) is 4.90 Å². The Morgan fingerprint density at radius 1 is 1.11 bits per heavy atom. The summed E-state index contributed by atoms with van der Waals surface area (Å²) < 4.78 is 39.9. The van der Waals surface area contributed by atoms with Crippen molar-refractivity contribution < 1.29 is 13.2 Å². The molecule has 0 N–H and O–H groups in total. The van der Waals surface area contributed by atoms with E-state index in [9.17, 15) is 13.2 Å². The van der Waals surface area contributed by atoms with E-state index in [2.05, 4.69) is 15.1 Å². The van der Waals surface area contributed by atoms with Crippen LogP contribution in [0.4, 0.5) is 19.0 Å². The van der Waals surface area contributed by atoms with Crippen molar-refractivity contribution in [1.29, 1.82) is 0 Å². The van der Waals surface area contributed by atoms with Gasteiger partial charge in [0.05, 0.1) is 23.8 Å². The smallest absolute Gasteiger partial charge is 0.353 e. The monoisotopic (exact) mass is 376 g/mol. The highest BCUT2D eigenvalue weighted by Gasteiger charge is 2.35. The van der Waals surface area contributed by atoms with Gasteiger partial charge in [0.1, 0.15) is 12.1 Å². The Labute approximate surface area is 154 Å². The lowest BCUT2D eigenvalue weighted by molar-refractivity contribution is -0.150. The summed E-state index contributed by atoms with van der Waals surface area (Å²) >= 11 is 0. The van der Waals surface area contributed by atoms with E-state index in [0.29, 0.717) is 31.1 Å². The van der Waals surface area contributed by atoms with Crippen molar-refractivity contribution in [3.8, 4) is 5.69 Å². The molecule has 6 nitrogen and oxygen atoms in total. The fourth-order valence-electron chi connectivity index (χ4n) is 3.49. The molecular weight excluding hydrogens is 357 g/mol. The molecule has 1 aliphatic heterocycles. The second kappa shape index (κ2) is 6.80. The third-order valence-electron chi connectivity index (χ3n) is 4.79. The summed E-state index contributed by atoms with van der Waals surface area (Å²) in [7, 11) is 0. The maximum Gasteiger partial charge on any atom is 0.401 e. The lowest BCUT2D eigenvalue weighted by Crippen LogP contribution is -2.54. The van der Waals surface area contributed by atoms with Crippen molar-refractivity contribution in [1.82, 2.24) is 24.6 Å². The van der Waals surface area contributed by atoms with Crippen molar-refractivity contribution in [2.75, 3.05) is 31.1 Å². The number of halogens is 3. The fraction of sp³-hybridized carbons (Fsp3) is 0.389. The number of alkyl halides is 3. The minimum Gasteiger partial charge on any atom is -0.353 e. The van der Waals surface area contributed by atoms with Crippen LogP contribution < -0.4 is 4.90 Å². The molecule has 0 amide bonds. The molecule has 142 valence electrons. The predicted octanol–water partition coefficient (Wildman–Crippen LogP) is 2.89. The molecule has 2 aromatic heterocycles. The Kier molecular flexibility index (Phi) is 4.47. The molecule has 0 spiro atoms. The molecule has 0 radical (unpaired) electrons. The summed E-state index contributed by atoms with van der Waals surface area (Å²) in [5.74, 6) is 0.709. The molecule has 27 heavy (non-hydrogen) atoms. The molecule has 1 saturated heterocycles. The Morgan fingerprint density at radius 2 is 1.89 bits per heavy atom. The molecule has 3 heterocycles. The van der Waals surface area contributed by atoms with Gasteiger partial charge in [-0.1, -0.05) is 18.2 Å². The second-order valence-electron chi connectivity index (χ2n) is 6.71. The largest absolute Gasteiger partial charge is 0.401 e. The van der Waals surface area contributed by atoms with Gasteiger partial charge in [0.2, 0.25) is 0 Å². The SMILES string of the molecule is CC1CN(c2ncnc3c2cnn3-c2ccccc2)CCN1CC(F)(F)F. The van der Waals surface area contributed by atoms with Crippen LogP contribution in [0.5, 0.6) is 0 Å². The van der Waals surface area contributed by atoms with Gasteiger partial charge < -0.3 is 4.90 Å². The third-order valence-corrected chi connectivity index (χ3v) is 4.79. The first-order chi connectivity index (χ1) is 12.9. The normalized spacial score (nSPS) is 19.0. The van der Waals surface area contributed by atoms with E-state index in [1.165, 1.54) is 11.2 Å². The van der Waals surface area contributed by atoms with Crippen molar-refractivity contribution in [2.24, 2.45) is 0 Å². The van der Waals surface area contributed by atoms with Gasteiger partial charge in [-0.25, -0.2) is 14.6 Å². The van der Waals surface area contributed by atoms with E-state index in [1.54, 1.807) is 10.9 Å². The molecule has 1 unspecified atom stereocenters. The predicted molar refractivity (Wildman–Crippen MR) is 96.0 cm³/mol. The quantitative estimate of drug-likeness (QED) is 0.704. The molecule has 4 rings (SSSR count). The molecule has 1 aromatic carbocycles. The molecule has 9 heteroatoms. The van der Waals surface area contributed by atoms with E-state index in [0.717, 1.165) is 11.1 Å². The number of hydrogen-bond acceptors (Lipinski definition) is 5. The zero-order valence-corrected chi connectivity index (χ0v) is 14.8. The van der Waals surface area contributed by atoms with Crippen LogP contribution in [0.1, 0.15) is 6.92 Å². The summed E-state index contributed by atoms with van der Waals surface area (Å²) in [6, 6.07) is 9.42. The number of rotatable bonds is 3. The van der Waals surface area contributed by atoms with Gasteiger partial charge in [-0.15, -0.1) is 0 Å². The Bertz CT molecular complexity index is 924. The number of hydrogen-bond donors (Lipinski definition) is 0. The second-order valence-corrected chi connectivity index (χ2v) is 6.71. The fourth-order valence-corrected chi connectivity index (χ4v) is 3.49. The molecular formula is C18H19F3N6. The van der Waals surface area contributed by atoms with E-state index in [-0.39, 0.29) is 6.04 Å². The maximum absolute atomic E-state index is 12.7. The minimum atomic E-state index is -4.19. The minimum absolute atomic E-state index is 0.227. The van der Waals surface area contributed by atoms with Crippen molar-refractivity contribution in [3.63, 3.8) is 0 Å².